The zero-order valence-electron chi connectivity index (χ0n) is 18.0. The topological polar surface area (TPSA) is 114 Å². The molecule has 2 aromatic rings. The molecule has 1 unspecified atom stereocenters. The first kappa shape index (κ1) is 23.3. The highest BCUT2D eigenvalue weighted by atomic mass is 16.5. The van der Waals surface area contributed by atoms with Crippen molar-refractivity contribution in [2.24, 2.45) is 0 Å². The van der Waals surface area contributed by atoms with Gasteiger partial charge in [-0.1, -0.05) is 48.5 Å². The number of carbonyl (C=O) groups excluding carboxylic acids is 2. The molecule has 2 amide bonds. The van der Waals surface area contributed by atoms with Crippen LogP contribution in [0.3, 0.4) is 0 Å². The number of carboxylic acids is 1. The fraction of sp³-hybridized carbons (Fsp3) is 0.375. The van der Waals surface area contributed by atoms with Crippen LogP contribution in [0.5, 0.6) is 0 Å². The van der Waals surface area contributed by atoms with Gasteiger partial charge < -0.3 is 25.2 Å². The molecule has 8 nitrogen and oxygen atoms in total. The maximum atomic E-state index is 12.3. The standard InChI is InChI=1S/C24H28N2O6/c1-16(14-22(27)25-11-13-31-12-10-23(28)29)26-24(30)32-15-21-19-8-4-2-6-17(19)18-7-3-5-9-20(18)21/h2-9,16,21H,10-15H2,1H3,(H,25,27)(H,26,30)(H,28,29). The Kier molecular flexibility index (Phi) is 8.21. The number of carbonyl (C=O) groups is 3. The summed E-state index contributed by atoms with van der Waals surface area (Å²) in [6.45, 7) is 2.55. The van der Waals surface area contributed by atoms with Crippen molar-refractivity contribution in [2.75, 3.05) is 26.4 Å². The van der Waals surface area contributed by atoms with Crippen LogP contribution in [0.1, 0.15) is 36.8 Å². The molecule has 0 spiro atoms. The smallest absolute Gasteiger partial charge is 0.407 e. The van der Waals surface area contributed by atoms with Gasteiger partial charge in [0.05, 0.1) is 19.6 Å². The second-order valence-corrected chi connectivity index (χ2v) is 7.68. The van der Waals surface area contributed by atoms with Crippen LogP contribution in [0.25, 0.3) is 11.1 Å². The Hall–Kier alpha value is -3.39. The highest BCUT2D eigenvalue weighted by Gasteiger charge is 2.29. The van der Waals surface area contributed by atoms with Gasteiger partial charge in [-0.2, -0.15) is 0 Å². The van der Waals surface area contributed by atoms with E-state index < -0.39 is 18.1 Å². The monoisotopic (exact) mass is 440 g/mol. The Morgan fingerprint density at radius 3 is 2.25 bits per heavy atom. The molecular weight excluding hydrogens is 412 g/mol. The SMILES string of the molecule is CC(CC(=O)NCCOCCC(=O)O)NC(=O)OCC1c2ccccc2-c2ccccc21. The predicted octanol–water partition coefficient (Wildman–Crippen LogP) is 2.91. The van der Waals surface area contributed by atoms with Gasteiger partial charge in [-0.05, 0) is 29.2 Å². The van der Waals surface area contributed by atoms with E-state index in [1.54, 1.807) is 6.92 Å². The lowest BCUT2D eigenvalue weighted by molar-refractivity contribution is -0.138. The van der Waals surface area contributed by atoms with E-state index >= 15 is 0 Å². The number of benzene rings is 2. The largest absolute Gasteiger partial charge is 0.481 e. The molecule has 1 atom stereocenters. The molecule has 0 aliphatic heterocycles. The summed E-state index contributed by atoms with van der Waals surface area (Å²) in [5.74, 6) is -1.19. The summed E-state index contributed by atoms with van der Waals surface area (Å²) in [4.78, 5) is 34.6. The summed E-state index contributed by atoms with van der Waals surface area (Å²) in [5, 5.41) is 13.9. The predicted molar refractivity (Wildman–Crippen MR) is 118 cm³/mol. The Morgan fingerprint density at radius 2 is 1.62 bits per heavy atom. The van der Waals surface area contributed by atoms with Gasteiger partial charge in [0.2, 0.25) is 5.91 Å². The van der Waals surface area contributed by atoms with E-state index in [-0.39, 0.29) is 51.0 Å². The summed E-state index contributed by atoms with van der Waals surface area (Å²) in [7, 11) is 0. The maximum absolute atomic E-state index is 12.3. The summed E-state index contributed by atoms with van der Waals surface area (Å²) < 4.78 is 10.6. The van der Waals surface area contributed by atoms with Gasteiger partial charge in [-0.3, -0.25) is 9.59 Å². The van der Waals surface area contributed by atoms with Crippen molar-refractivity contribution >= 4 is 18.0 Å². The van der Waals surface area contributed by atoms with Crippen molar-refractivity contribution in [3.05, 3.63) is 59.7 Å². The third-order valence-corrected chi connectivity index (χ3v) is 5.23. The van der Waals surface area contributed by atoms with E-state index in [2.05, 4.69) is 34.9 Å². The molecule has 0 saturated carbocycles. The molecule has 170 valence electrons. The van der Waals surface area contributed by atoms with Crippen molar-refractivity contribution in [2.45, 2.75) is 31.7 Å². The van der Waals surface area contributed by atoms with Crippen LogP contribution in [0, 0.1) is 0 Å². The highest BCUT2D eigenvalue weighted by Crippen LogP contribution is 2.44. The fourth-order valence-electron chi connectivity index (χ4n) is 3.77. The molecule has 0 radical (unpaired) electrons. The minimum absolute atomic E-state index is 0.0205. The Morgan fingerprint density at radius 1 is 1.00 bits per heavy atom. The van der Waals surface area contributed by atoms with Crippen molar-refractivity contribution < 1.29 is 29.0 Å². The molecule has 1 aliphatic rings. The summed E-state index contributed by atoms with van der Waals surface area (Å²) in [6.07, 6.45) is -0.543. The van der Waals surface area contributed by atoms with Gasteiger partial charge in [-0.15, -0.1) is 0 Å². The number of hydrogen-bond acceptors (Lipinski definition) is 5. The summed E-state index contributed by atoms with van der Waals surface area (Å²) in [5.41, 5.74) is 4.60. The molecule has 3 N–H and O–H groups in total. The minimum atomic E-state index is -0.929. The van der Waals surface area contributed by atoms with Crippen molar-refractivity contribution in [1.29, 1.82) is 0 Å². The number of amides is 2. The van der Waals surface area contributed by atoms with Crippen molar-refractivity contribution in [1.82, 2.24) is 10.6 Å². The van der Waals surface area contributed by atoms with Gasteiger partial charge >= 0.3 is 12.1 Å². The first-order valence-electron chi connectivity index (χ1n) is 10.6. The van der Waals surface area contributed by atoms with Crippen LogP contribution < -0.4 is 10.6 Å². The molecule has 32 heavy (non-hydrogen) atoms. The fourth-order valence-corrected chi connectivity index (χ4v) is 3.77. The van der Waals surface area contributed by atoms with Gasteiger partial charge in [0.15, 0.2) is 0 Å². The third-order valence-electron chi connectivity index (χ3n) is 5.23. The normalized spacial score (nSPS) is 13.0. The lowest BCUT2D eigenvalue weighted by Crippen LogP contribution is -2.38. The molecule has 0 heterocycles. The molecule has 1 aliphatic carbocycles. The lowest BCUT2D eigenvalue weighted by Gasteiger charge is -2.17. The second kappa shape index (κ2) is 11.3. The summed E-state index contributed by atoms with van der Waals surface area (Å²) >= 11 is 0. The van der Waals surface area contributed by atoms with E-state index in [9.17, 15) is 14.4 Å². The average Bonchev–Trinajstić information content (AvgIpc) is 3.08. The van der Waals surface area contributed by atoms with E-state index in [1.165, 1.54) is 0 Å². The maximum Gasteiger partial charge on any atom is 0.407 e. The van der Waals surface area contributed by atoms with E-state index in [1.807, 2.05) is 24.3 Å². The first-order valence-corrected chi connectivity index (χ1v) is 10.6. The molecule has 0 fully saturated rings. The van der Waals surface area contributed by atoms with Crippen LogP contribution >= 0.6 is 0 Å². The summed E-state index contributed by atoms with van der Waals surface area (Å²) in [6, 6.07) is 15.8. The second-order valence-electron chi connectivity index (χ2n) is 7.68. The van der Waals surface area contributed by atoms with Crippen LogP contribution in [-0.2, 0) is 19.1 Å². The first-order chi connectivity index (χ1) is 15.5. The molecule has 0 aromatic heterocycles. The molecule has 3 rings (SSSR count). The number of hydrogen-bond donors (Lipinski definition) is 3. The van der Waals surface area contributed by atoms with E-state index in [0.717, 1.165) is 22.3 Å². The molecule has 0 saturated heterocycles. The molecule has 2 aromatic carbocycles. The van der Waals surface area contributed by atoms with Crippen molar-refractivity contribution in [3.8, 4) is 11.1 Å². The molecular formula is C24H28N2O6. The highest BCUT2D eigenvalue weighted by molar-refractivity contribution is 5.79. The van der Waals surface area contributed by atoms with E-state index in [0.29, 0.717) is 0 Å². The molecule has 8 heteroatoms. The third kappa shape index (κ3) is 6.31. The lowest BCUT2D eigenvalue weighted by atomic mass is 9.98. The van der Waals surface area contributed by atoms with Crippen LogP contribution in [0.15, 0.2) is 48.5 Å². The van der Waals surface area contributed by atoms with Crippen LogP contribution in [-0.4, -0.2) is 55.5 Å². The van der Waals surface area contributed by atoms with Crippen LogP contribution in [0.2, 0.25) is 0 Å². The van der Waals surface area contributed by atoms with Gasteiger partial charge in [-0.25, -0.2) is 4.79 Å². The number of fused-ring (bicyclic) bond motifs is 3. The zero-order chi connectivity index (χ0) is 22.9. The minimum Gasteiger partial charge on any atom is -0.481 e. The number of rotatable bonds is 11. The van der Waals surface area contributed by atoms with Crippen molar-refractivity contribution in [3.63, 3.8) is 0 Å². The van der Waals surface area contributed by atoms with Gasteiger partial charge in [0, 0.05) is 24.9 Å². The van der Waals surface area contributed by atoms with Gasteiger partial charge in [0.25, 0.3) is 0 Å². The Bertz CT molecular complexity index is 916. The molecule has 0 bridgehead atoms. The number of aliphatic carboxylic acids is 1. The zero-order valence-corrected chi connectivity index (χ0v) is 18.0. The number of ether oxygens (including phenoxy) is 2. The quantitative estimate of drug-likeness (QED) is 0.463. The number of nitrogens with one attached hydrogen (secondary N) is 2. The number of carboxylic acid groups (broad SMARTS) is 1. The van der Waals surface area contributed by atoms with E-state index in [4.69, 9.17) is 14.6 Å². The Labute approximate surface area is 186 Å². The number of alkyl carbamates (subject to hydrolysis) is 1. The average molecular weight is 440 g/mol. The Balaban J connectivity index is 1.40. The van der Waals surface area contributed by atoms with Crippen LogP contribution in [0.4, 0.5) is 4.79 Å². The van der Waals surface area contributed by atoms with Gasteiger partial charge in [0.1, 0.15) is 6.61 Å².